The number of nitrogens with two attached hydrogens (primary N) is 1. The lowest BCUT2D eigenvalue weighted by Crippen LogP contribution is -2.62. The first kappa shape index (κ1) is 20.7. The highest BCUT2D eigenvalue weighted by molar-refractivity contribution is 6.01. The molecule has 5 nitrogen and oxygen atoms in total. The van der Waals surface area contributed by atoms with Crippen LogP contribution in [0.4, 0.5) is 0 Å². The first-order valence-corrected chi connectivity index (χ1v) is 9.75. The number of Topliss-reactive ketones (excluding diaryl/α,β-unsaturated/α-hetero) is 1. The van der Waals surface area contributed by atoms with Crippen LogP contribution in [0.25, 0.3) is 0 Å². The Morgan fingerprint density at radius 1 is 1.33 bits per heavy atom. The molecule has 0 aliphatic heterocycles. The molecule has 0 heterocycles. The molecule has 0 aromatic rings. The van der Waals surface area contributed by atoms with E-state index in [1.54, 1.807) is 12.2 Å². The van der Waals surface area contributed by atoms with Crippen LogP contribution in [0.5, 0.6) is 0 Å². The summed E-state index contributed by atoms with van der Waals surface area (Å²) in [5, 5.41) is 22.4. The van der Waals surface area contributed by atoms with Gasteiger partial charge < -0.3 is 15.9 Å². The van der Waals surface area contributed by atoms with Crippen molar-refractivity contribution in [2.45, 2.75) is 57.7 Å². The SMILES string of the molecule is CC12C=CC(=O)C=C1CCC1C2C(O)CC2(C)C1CCC2(O)C(=O)CN.Cl. The van der Waals surface area contributed by atoms with E-state index < -0.39 is 17.1 Å². The maximum absolute atomic E-state index is 12.5. The van der Waals surface area contributed by atoms with Crippen LogP contribution in [0.3, 0.4) is 0 Å². The van der Waals surface area contributed by atoms with E-state index >= 15 is 0 Å². The highest BCUT2D eigenvalue weighted by Crippen LogP contribution is 2.66. The lowest BCUT2D eigenvalue weighted by Gasteiger charge is -2.59. The van der Waals surface area contributed by atoms with E-state index in [1.807, 2.05) is 13.0 Å². The quantitative estimate of drug-likeness (QED) is 0.663. The number of hydrogen-bond acceptors (Lipinski definition) is 5. The lowest BCUT2D eigenvalue weighted by molar-refractivity contribution is -0.175. The molecule has 4 rings (SSSR count). The van der Waals surface area contributed by atoms with E-state index in [2.05, 4.69) is 6.92 Å². The van der Waals surface area contributed by atoms with Crippen LogP contribution in [0.15, 0.2) is 23.8 Å². The maximum atomic E-state index is 12.5. The van der Waals surface area contributed by atoms with Crippen LogP contribution in [0, 0.1) is 28.6 Å². The molecule has 0 aromatic carbocycles. The predicted octanol–water partition coefficient (Wildman–Crippen LogP) is 1.95. The van der Waals surface area contributed by atoms with Crippen LogP contribution in [-0.4, -0.2) is 40.0 Å². The van der Waals surface area contributed by atoms with Gasteiger partial charge in [0.2, 0.25) is 0 Å². The molecule has 0 spiro atoms. The number of allylic oxidation sites excluding steroid dienone is 4. The molecule has 27 heavy (non-hydrogen) atoms. The fraction of sp³-hybridized carbons (Fsp3) is 0.714. The molecule has 0 bridgehead atoms. The van der Waals surface area contributed by atoms with Gasteiger partial charge in [-0.05, 0) is 56.1 Å². The number of aliphatic hydroxyl groups excluding tert-OH is 1. The number of rotatable bonds is 2. The highest BCUT2D eigenvalue weighted by Gasteiger charge is 2.67. The molecule has 7 unspecified atom stereocenters. The van der Waals surface area contributed by atoms with E-state index in [0.717, 1.165) is 24.8 Å². The molecule has 4 aliphatic carbocycles. The fourth-order valence-corrected chi connectivity index (χ4v) is 6.96. The van der Waals surface area contributed by atoms with Crippen molar-refractivity contribution in [3.05, 3.63) is 23.8 Å². The minimum atomic E-state index is -1.44. The first-order valence-electron chi connectivity index (χ1n) is 9.75. The van der Waals surface area contributed by atoms with Gasteiger partial charge in [-0.15, -0.1) is 12.4 Å². The second kappa shape index (κ2) is 6.51. The van der Waals surface area contributed by atoms with Crippen LogP contribution in [-0.2, 0) is 9.59 Å². The topological polar surface area (TPSA) is 101 Å². The minimum absolute atomic E-state index is 0. The van der Waals surface area contributed by atoms with Gasteiger partial charge in [-0.3, -0.25) is 9.59 Å². The average molecular weight is 396 g/mol. The van der Waals surface area contributed by atoms with Crippen LogP contribution in [0.1, 0.15) is 46.0 Å². The zero-order chi connectivity index (χ0) is 18.9. The number of aliphatic hydroxyl groups is 2. The number of halogens is 1. The zero-order valence-electron chi connectivity index (χ0n) is 16.0. The molecule has 4 N–H and O–H groups in total. The molecule has 6 heteroatoms. The number of fused-ring (bicyclic) bond motifs is 5. The Balaban J connectivity index is 0.00000210. The Labute approximate surface area is 166 Å². The summed E-state index contributed by atoms with van der Waals surface area (Å²) in [5.41, 5.74) is 4.29. The van der Waals surface area contributed by atoms with E-state index in [4.69, 9.17) is 5.73 Å². The van der Waals surface area contributed by atoms with E-state index in [-0.39, 0.29) is 53.7 Å². The lowest BCUT2D eigenvalue weighted by atomic mass is 9.46. The van der Waals surface area contributed by atoms with Gasteiger partial charge in [0.15, 0.2) is 11.6 Å². The van der Waals surface area contributed by atoms with E-state index in [9.17, 15) is 19.8 Å². The summed E-state index contributed by atoms with van der Waals surface area (Å²) >= 11 is 0. The third-order valence-corrected chi connectivity index (χ3v) is 8.29. The van der Waals surface area contributed by atoms with Gasteiger partial charge in [-0.2, -0.15) is 0 Å². The summed E-state index contributed by atoms with van der Waals surface area (Å²) < 4.78 is 0. The monoisotopic (exact) mass is 395 g/mol. The van der Waals surface area contributed by atoms with Crippen LogP contribution < -0.4 is 5.73 Å². The maximum Gasteiger partial charge on any atom is 0.178 e. The molecule has 3 saturated carbocycles. The van der Waals surface area contributed by atoms with Crippen molar-refractivity contribution >= 4 is 24.0 Å². The number of ketones is 2. The van der Waals surface area contributed by atoms with Gasteiger partial charge in [-0.25, -0.2) is 0 Å². The van der Waals surface area contributed by atoms with Crippen molar-refractivity contribution in [1.82, 2.24) is 0 Å². The molecule has 3 fully saturated rings. The summed E-state index contributed by atoms with van der Waals surface area (Å²) in [7, 11) is 0. The Hall–Kier alpha value is -1.01. The first-order chi connectivity index (χ1) is 12.2. The largest absolute Gasteiger partial charge is 0.393 e. The fourth-order valence-electron chi connectivity index (χ4n) is 6.96. The Kier molecular flexibility index (Phi) is 5.00. The van der Waals surface area contributed by atoms with Crippen molar-refractivity contribution in [3.63, 3.8) is 0 Å². The van der Waals surface area contributed by atoms with Gasteiger partial charge >= 0.3 is 0 Å². The summed E-state index contributed by atoms with van der Waals surface area (Å²) in [6, 6.07) is 0. The third-order valence-electron chi connectivity index (χ3n) is 8.29. The number of hydrogen-bond donors (Lipinski definition) is 3. The van der Waals surface area contributed by atoms with Crippen molar-refractivity contribution in [2.75, 3.05) is 6.54 Å². The van der Waals surface area contributed by atoms with Gasteiger partial charge in [0.05, 0.1) is 12.6 Å². The molecular weight excluding hydrogens is 366 g/mol. The zero-order valence-corrected chi connectivity index (χ0v) is 16.8. The Bertz CT molecular complexity index is 734. The van der Waals surface area contributed by atoms with Crippen molar-refractivity contribution < 1.29 is 19.8 Å². The highest BCUT2D eigenvalue weighted by atomic mass is 35.5. The van der Waals surface area contributed by atoms with Crippen molar-refractivity contribution in [2.24, 2.45) is 34.3 Å². The van der Waals surface area contributed by atoms with Crippen molar-refractivity contribution in [3.8, 4) is 0 Å². The third kappa shape index (κ3) is 2.55. The molecule has 0 radical (unpaired) electrons. The second-order valence-corrected chi connectivity index (χ2v) is 9.24. The van der Waals surface area contributed by atoms with Crippen LogP contribution in [0.2, 0.25) is 0 Å². The summed E-state index contributed by atoms with van der Waals surface area (Å²) in [4.78, 5) is 24.3. The van der Waals surface area contributed by atoms with Gasteiger partial charge in [0, 0.05) is 16.7 Å². The molecule has 150 valence electrons. The molecule has 0 saturated heterocycles. The second-order valence-electron chi connectivity index (χ2n) is 9.24. The van der Waals surface area contributed by atoms with Gasteiger partial charge in [0.25, 0.3) is 0 Å². The molecular formula is C21H30ClNO4. The molecule has 4 aliphatic rings. The normalized spacial score (nSPS) is 48.0. The minimum Gasteiger partial charge on any atom is -0.393 e. The summed E-state index contributed by atoms with van der Waals surface area (Å²) in [5.74, 6) is 0.137. The number of carbonyl (C=O) groups is 2. The van der Waals surface area contributed by atoms with Gasteiger partial charge in [-0.1, -0.05) is 25.5 Å². The molecule has 0 aromatic heterocycles. The van der Waals surface area contributed by atoms with Gasteiger partial charge in [0.1, 0.15) is 5.60 Å². The Morgan fingerprint density at radius 3 is 2.70 bits per heavy atom. The average Bonchev–Trinajstić information content (AvgIpc) is 2.86. The summed E-state index contributed by atoms with van der Waals surface area (Å²) in [6.45, 7) is 3.92. The molecule has 0 amide bonds. The standard InChI is InChI=1S/C21H29NO4.ClH/c1-19-7-5-13(23)9-12(19)3-4-14-15-6-8-21(26,17(25)11-22)20(15,2)10-16(24)18(14)19;/h5,7,9,14-16,18,24,26H,3-4,6,8,10-11,22H2,1-2H3;1H. The summed E-state index contributed by atoms with van der Waals surface area (Å²) in [6.07, 6.45) is 8.02. The van der Waals surface area contributed by atoms with E-state index in [1.165, 1.54) is 0 Å². The van der Waals surface area contributed by atoms with Crippen LogP contribution >= 0.6 is 12.4 Å². The van der Waals surface area contributed by atoms with E-state index in [0.29, 0.717) is 12.8 Å². The number of carbonyl (C=O) groups excluding carboxylic acids is 2. The molecule has 7 atom stereocenters. The smallest absolute Gasteiger partial charge is 0.178 e. The van der Waals surface area contributed by atoms with Crippen molar-refractivity contribution in [1.29, 1.82) is 0 Å². The predicted molar refractivity (Wildman–Crippen MR) is 104 cm³/mol. The Morgan fingerprint density at radius 2 is 2.04 bits per heavy atom.